The van der Waals surface area contributed by atoms with Gasteiger partial charge in [0.1, 0.15) is 17.1 Å². The maximum atomic E-state index is 12.3. The maximum Gasteiger partial charge on any atom is 0.339 e. The first-order valence-corrected chi connectivity index (χ1v) is 8.97. The number of carboxylic acids is 1. The van der Waals surface area contributed by atoms with E-state index in [9.17, 15) is 14.4 Å². The van der Waals surface area contributed by atoms with Crippen LogP contribution in [-0.4, -0.2) is 30.6 Å². The third-order valence-corrected chi connectivity index (χ3v) is 4.63. The first-order chi connectivity index (χ1) is 13.9. The number of aryl methyl sites for hydroxylation is 1. The van der Waals surface area contributed by atoms with Crippen LogP contribution in [0.25, 0.3) is 11.0 Å². The van der Waals surface area contributed by atoms with Gasteiger partial charge in [-0.15, -0.1) is 0 Å². The predicted molar refractivity (Wildman–Crippen MR) is 106 cm³/mol. The fourth-order valence-electron chi connectivity index (χ4n) is 2.99. The number of hydrogen-bond donors (Lipinski definition) is 1. The number of rotatable bonds is 8. The molecule has 0 atom stereocenters. The van der Waals surface area contributed by atoms with Crippen LogP contribution in [0.4, 0.5) is 0 Å². The summed E-state index contributed by atoms with van der Waals surface area (Å²) in [6, 6.07) is 11.7. The molecule has 1 heterocycles. The molecule has 3 rings (SSSR count). The molecule has 0 spiro atoms. The summed E-state index contributed by atoms with van der Waals surface area (Å²) >= 11 is 0. The average molecular weight is 396 g/mol. The van der Waals surface area contributed by atoms with Crippen molar-refractivity contribution in [1.82, 2.24) is 0 Å². The van der Waals surface area contributed by atoms with Crippen molar-refractivity contribution >= 4 is 22.7 Å². The Hall–Kier alpha value is -3.61. The zero-order valence-corrected chi connectivity index (χ0v) is 16.1. The molecule has 150 valence electrons. The van der Waals surface area contributed by atoms with Gasteiger partial charge in [-0.25, -0.2) is 4.79 Å². The molecule has 0 aliphatic carbocycles. The highest BCUT2D eigenvalue weighted by Crippen LogP contribution is 2.25. The zero-order valence-electron chi connectivity index (χ0n) is 16.1. The number of methoxy groups -OCH3 is 1. The number of ether oxygens (including phenoxy) is 2. The first-order valence-electron chi connectivity index (χ1n) is 8.97. The molecule has 0 aliphatic heterocycles. The molecule has 7 heteroatoms. The number of carbonyl (C=O) groups is 2. The number of Topliss-reactive ketones (excluding diaryl/α,β-unsaturated/α-hetero) is 1. The lowest BCUT2D eigenvalue weighted by Crippen LogP contribution is -2.13. The fourth-order valence-corrected chi connectivity index (χ4v) is 2.99. The van der Waals surface area contributed by atoms with E-state index < -0.39 is 11.6 Å². The minimum atomic E-state index is -0.978. The number of benzene rings is 2. The van der Waals surface area contributed by atoms with E-state index in [1.165, 1.54) is 0 Å². The Morgan fingerprint density at radius 2 is 1.76 bits per heavy atom. The molecule has 1 N–H and O–H groups in total. The van der Waals surface area contributed by atoms with E-state index in [0.29, 0.717) is 39.2 Å². The van der Waals surface area contributed by atoms with Gasteiger partial charge in [0.15, 0.2) is 12.4 Å². The van der Waals surface area contributed by atoms with Crippen molar-refractivity contribution in [2.45, 2.75) is 19.8 Å². The Morgan fingerprint density at radius 3 is 2.41 bits per heavy atom. The van der Waals surface area contributed by atoms with Gasteiger partial charge >= 0.3 is 11.6 Å². The second kappa shape index (κ2) is 8.60. The van der Waals surface area contributed by atoms with Gasteiger partial charge in [-0.1, -0.05) is 0 Å². The maximum absolute atomic E-state index is 12.3. The van der Waals surface area contributed by atoms with E-state index in [-0.39, 0.29) is 25.2 Å². The van der Waals surface area contributed by atoms with Crippen molar-refractivity contribution in [3.8, 4) is 11.5 Å². The molecule has 0 bridgehead atoms. The van der Waals surface area contributed by atoms with E-state index in [1.807, 2.05) is 0 Å². The number of hydrogen-bond acceptors (Lipinski definition) is 6. The summed E-state index contributed by atoms with van der Waals surface area (Å²) in [6.45, 7) is 1.59. The molecule has 0 unspecified atom stereocenters. The standard InChI is InChI=1S/C22H20O7/c1-13-17-8-7-16(11-20(17)29-22(26)18(13)9-10-21(24)25)28-12-19(23)14-3-5-15(27-2)6-4-14/h3-8,11H,9-10,12H2,1-2H3,(H,24,25). The number of fused-ring (bicyclic) bond motifs is 1. The van der Waals surface area contributed by atoms with E-state index in [1.54, 1.807) is 56.5 Å². The summed E-state index contributed by atoms with van der Waals surface area (Å²) in [5.74, 6) is -0.131. The molecule has 1 aromatic heterocycles. The molecule has 0 aliphatic rings. The van der Waals surface area contributed by atoms with Crippen LogP contribution in [0.2, 0.25) is 0 Å². The normalized spacial score (nSPS) is 10.7. The van der Waals surface area contributed by atoms with E-state index in [0.717, 1.165) is 0 Å². The van der Waals surface area contributed by atoms with Gasteiger partial charge in [0.25, 0.3) is 0 Å². The Morgan fingerprint density at radius 1 is 1.07 bits per heavy atom. The predicted octanol–water partition coefficient (Wildman–Crippen LogP) is 3.39. The number of ketones is 1. The van der Waals surface area contributed by atoms with Crippen molar-refractivity contribution in [2.24, 2.45) is 0 Å². The summed E-state index contributed by atoms with van der Waals surface area (Å²) in [5.41, 5.74) is 1.28. The van der Waals surface area contributed by atoms with Gasteiger partial charge in [0, 0.05) is 29.0 Å². The van der Waals surface area contributed by atoms with Gasteiger partial charge in [-0.05, 0) is 55.3 Å². The lowest BCUT2D eigenvalue weighted by atomic mass is 10.0. The van der Waals surface area contributed by atoms with Crippen molar-refractivity contribution in [3.05, 3.63) is 69.6 Å². The fraction of sp³-hybridized carbons (Fsp3) is 0.227. The third kappa shape index (κ3) is 4.63. The average Bonchev–Trinajstić information content (AvgIpc) is 2.71. The third-order valence-electron chi connectivity index (χ3n) is 4.63. The molecular weight excluding hydrogens is 376 g/mol. The SMILES string of the molecule is COc1ccc(C(=O)COc2ccc3c(C)c(CCC(=O)O)c(=O)oc3c2)cc1. The quantitative estimate of drug-likeness (QED) is 0.460. The Balaban J connectivity index is 1.77. The van der Waals surface area contributed by atoms with Gasteiger partial charge < -0.3 is 19.0 Å². The second-order valence-electron chi connectivity index (χ2n) is 6.49. The molecule has 0 radical (unpaired) electrons. The monoisotopic (exact) mass is 396 g/mol. The van der Waals surface area contributed by atoms with Crippen molar-refractivity contribution in [1.29, 1.82) is 0 Å². The molecule has 29 heavy (non-hydrogen) atoms. The summed E-state index contributed by atoms with van der Waals surface area (Å²) in [6.07, 6.45) is -0.0418. The van der Waals surface area contributed by atoms with Gasteiger partial charge in [-0.2, -0.15) is 0 Å². The summed E-state index contributed by atoms with van der Waals surface area (Å²) in [7, 11) is 1.55. The van der Waals surface area contributed by atoms with Crippen LogP contribution < -0.4 is 15.1 Å². The Kier molecular flexibility index (Phi) is 5.97. The van der Waals surface area contributed by atoms with Crippen LogP contribution in [0, 0.1) is 6.92 Å². The topological polar surface area (TPSA) is 103 Å². The highest BCUT2D eigenvalue weighted by atomic mass is 16.5. The minimum Gasteiger partial charge on any atom is -0.497 e. The van der Waals surface area contributed by atoms with E-state index in [4.69, 9.17) is 19.0 Å². The first kappa shape index (κ1) is 20.1. The molecular formula is C22H20O7. The summed E-state index contributed by atoms with van der Waals surface area (Å²) < 4.78 is 16.0. The lowest BCUT2D eigenvalue weighted by molar-refractivity contribution is -0.136. The van der Waals surface area contributed by atoms with Gasteiger partial charge in [0.05, 0.1) is 7.11 Å². The smallest absolute Gasteiger partial charge is 0.339 e. The molecule has 3 aromatic rings. The molecule has 0 saturated carbocycles. The molecule has 0 saturated heterocycles. The highest BCUT2D eigenvalue weighted by Gasteiger charge is 2.14. The molecule has 0 fully saturated rings. The highest BCUT2D eigenvalue weighted by molar-refractivity contribution is 5.97. The molecule has 2 aromatic carbocycles. The van der Waals surface area contributed by atoms with Crippen LogP contribution in [0.1, 0.15) is 27.9 Å². The van der Waals surface area contributed by atoms with Crippen molar-refractivity contribution in [2.75, 3.05) is 13.7 Å². The molecule has 7 nitrogen and oxygen atoms in total. The number of carbonyl (C=O) groups excluding carboxylic acids is 1. The van der Waals surface area contributed by atoms with Crippen LogP contribution in [0.5, 0.6) is 11.5 Å². The summed E-state index contributed by atoms with van der Waals surface area (Å²) in [5, 5.41) is 9.53. The van der Waals surface area contributed by atoms with Gasteiger partial charge in [-0.3, -0.25) is 9.59 Å². The number of carboxylic acid groups (broad SMARTS) is 1. The van der Waals surface area contributed by atoms with Crippen LogP contribution in [-0.2, 0) is 11.2 Å². The van der Waals surface area contributed by atoms with Crippen LogP contribution in [0.15, 0.2) is 51.7 Å². The summed E-state index contributed by atoms with van der Waals surface area (Å²) in [4.78, 5) is 35.3. The Bertz CT molecular complexity index is 1110. The Labute approximate surface area is 166 Å². The van der Waals surface area contributed by atoms with Crippen molar-refractivity contribution < 1.29 is 28.6 Å². The minimum absolute atomic E-state index is 0.105. The van der Waals surface area contributed by atoms with Crippen LogP contribution >= 0.6 is 0 Å². The second-order valence-corrected chi connectivity index (χ2v) is 6.49. The van der Waals surface area contributed by atoms with E-state index in [2.05, 4.69) is 0 Å². The zero-order chi connectivity index (χ0) is 21.0. The number of aliphatic carboxylic acids is 1. The van der Waals surface area contributed by atoms with Crippen LogP contribution in [0.3, 0.4) is 0 Å². The van der Waals surface area contributed by atoms with Gasteiger partial charge in [0.2, 0.25) is 0 Å². The van der Waals surface area contributed by atoms with Crippen molar-refractivity contribution in [3.63, 3.8) is 0 Å². The lowest BCUT2D eigenvalue weighted by Gasteiger charge is -2.10. The van der Waals surface area contributed by atoms with E-state index >= 15 is 0 Å². The molecule has 0 amide bonds. The largest absolute Gasteiger partial charge is 0.497 e.